The Kier molecular flexibility index (Phi) is 3.00. The molecule has 84 valence electrons. The van der Waals surface area contributed by atoms with E-state index in [1.807, 2.05) is 11.8 Å². The third kappa shape index (κ3) is 2.03. The van der Waals surface area contributed by atoms with E-state index in [9.17, 15) is 0 Å². The molecule has 0 bridgehead atoms. The molecule has 0 saturated heterocycles. The molecule has 1 aliphatic heterocycles. The fraction of sp³-hybridized carbons (Fsp3) is 0.500. The summed E-state index contributed by atoms with van der Waals surface area (Å²) >= 11 is 1.95. The molecule has 0 spiro atoms. The Hall–Kier alpha value is -0.760. The number of hydrogen-bond donors (Lipinski definition) is 0. The molecule has 0 N–H and O–H groups in total. The van der Waals surface area contributed by atoms with Gasteiger partial charge in [-0.3, -0.25) is 4.99 Å². The second kappa shape index (κ2) is 4.62. The van der Waals surface area contributed by atoms with Gasteiger partial charge in [0.1, 0.15) is 0 Å². The summed E-state index contributed by atoms with van der Waals surface area (Å²) in [6.45, 7) is 0. The molecule has 2 aliphatic rings. The summed E-state index contributed by atoms with van der Waals surface area (Å²) < 4.78 is 0. The van der Waals surface area contributed by atoms with Crippen molar-refractivity contribution in [2.75, 3.05) is 5.75 Å². The summed E-state index contributed by atoms with van der Waals surface area (Å²) in [5.74, 6) is 2.13. The second-order valence-corrected chi connectivity index (χ2v) is 5.73. The SMILES string of the molecule is c1ccc(C2=N[C@H]3CCCC[C@@H]3CS2)cc1. The molecule has 0 amide bonds. The van der Waals surface area contributed by atoms with Gasteiger partial charge in [0, 0.05) is 11.3 Å². The predicted octanol–water partition coefficient (Wildman–Crippen LogP) is 3.74. The third-order valence-electron chi connectivity index (χ3n) is 3.61. The first kappa shape index (κ1) is 10.4. The molecule has 1 fully saturated rings. The Morgan fingerprint density at radius 1 is 1.06 bits per heavy atom. The summed E-state index contributed by atoms with van der Waals surface area (Å²) in [5, 5.41) is 1.27. The molecule has 2 atom stereocenters. The summed E-state index contributed by atoms with van der Waals surface area (Å²) in [6, 6.07) is 11.2. The van der Waals surface area contributed by atoms with Crippen LogP contribution >= 0.6 is 11.8 Å². The molecule has 16 heavy (non-hydrogen) atoms. The zero-order valence-electron chi connectivity index (χ0n) is 9.43. The van der Waals surface area contributed by atoms with Gasteiger partial charge in [-0.05, 0) is 18.8 Å². The van der Waals surface area contributed by atoms with Gasteiger partial charge in [0.2, 0.25) is 0 Å². The minimum atomic E-state index is 0.616. The maximum absolute atomic E-state index is 4.95. The van der Waals surface area contributed by atoms with Crippen molar-refractivity contribution in [2.24, 2.45) is 10.9 Å². The first-order valence-corrected chi connectivity index (χ1v) is 7.18. The molecule has 0 radical (unpaired) electrons. The number of thioether (sulfide) groups is 1. The number of fused-ring (bicyclic) bond motifs is 1. The first-order valence-electron chi connectivity index (χ1n) is 6.19. The monoisotopic (exact) mass is 231 g/mol. The fourth-order valence-corrected chi connectivity index (χ4v) is 3.94. The standard InChI is InChI=1S/C14H17NS/c1-2-6-11(7-3-1)14-15-13-9-5-4-8-12(13)10-16-14/h1-3,6-7,12-13H,4-5,8-10H2/t12-,13+/m1/s1. The normalized spacial score (nSPS) is 29.4. The van der Waals surface area contributed by atoms with E-state index in [2.05, 4.69) is 30.3 Å². The van der Waals surface area contributed by atoms with E-state index in [1.54, 1.807) is 0 Å². The van der Waals surface area contributed by atoms with Gasteiger partial charge in [-0.1, -0.05) is 43.2 Å². The van der Waals surface area contributed by atoms with Crippen LogP contribution in [0.1, 0.15) is 31.2 Å². The Labute approximate surface area is 101 Å². The number of nitrogens with zero attached hydrogens (tertiary/aromatic N) is 1. The average Bonchev–Trinajstić information content (AvgIpc) is 2.39. The fourth-order valence-electron chi connectivity index (χ4n) is 2.66. The molecule has 1 nitrogen and oxygen atoms in total. The third-order valence-corrected chi connectivity index (χ3v) is 4.82. The number of rotatable bonds is 1. The minimum Gasteiger partial charge on any atom is -0.274 e. The Bertz CT molecular complexity index is 385. The molecule has 1 aromatic carbocycles. The highest BCUT2D eigenvalue weighted by Crippen LogP contribution is 2.35. The van der Waals surface area contributed by atoms with Gasteiger partial charge in [0.15, 0.2) is 0 Å². The van der Waals surface area contributed by atoms with Crippen molar-refractivity contribution in [3.05, 3.63) is 35.9 Å². The summed E-state index contributed by atoms with van der Waals surface area (Å²) in [6.07, 6.45) is 5.49. The molecule has 2 heteroatoms. The summed E-state index contributed by atoms with van der Waals surface area (Å²) in [4.78, 5) is 4.95. The van der Waals surface area contributed by atoms with Crippen LogP contribution in [0.4, 0.5) is 0 Å². The van der Waals surface area contributed by atoms with Gasteiger partial charge < -0.3 is 0 Å². The van der Waals surface area contributed by atoms with Crippen molar-refractivity contribution < 1.29 is 0 Å². The van der Waals surface area contributed by atoms with Crippen LogP contribution in [0.15, 0.2) is 35.3 Å². The average molecular weight is 231 g/mol. The second-order valence-electron chi connectivity index (χ2n) is 4.72. The van der Waals surface area contributed by atoms with Gasteiger partial charge in [0.05, 0.1) is 11.1 Å². The van der Waals surface area contributed by atoms with E-state index >= 15 is 0 Å². The zero-order chi connectivity index (χ0) is 10.8. The van der Waals surface area contributed by atoms with Gasteiger partial charge in [-0.25, -0.2) is 0 Å². The van der Waals surface area contributed by atoms with Crippen LogP contribution in [-0.4, -0.2) is 16.8 Å². The highest BCUT2D eigenvalue weighted by Gasteiger charge is 2.29. The number of aliphatic imine (C=N–C) groups is 1. The van der Waals surface area contributed by atoms with Crippen LogP contribution in [0.3, 0.4) is 0 Å². The maximum Gasteiger partial charge on any atom is 0.0980 e. The molecule has 3 rings (SSSR count). The zero-order valence-corrected chi connectivity index (χ0v) is 10.2. The molecule has 1 aromatic rings. The van der Waals surface area contributed by atoms with Gasteiger partial charge in [-0.15, -0.1) is 11.8 Å². The van der Waals surface area contributed by atoms with E-state index in [0.717, 1.165) is 5.92 Å². The minimum absolute atomic E-state index is 0.616. The Morgan fingerprint density at radius 2 is 1.88 bits per heavy atom. The molecule has 1 aliphatic carbocycles. The van der Waals surface area contributed by atoms with E-state index in [0.29, 0.717) is 6.04 Å². The van der Waals surface area contributed by atoms with E-state index < -0.39 is 0 Å². The van der Waals surface area contributed by atoms with Gasteiger partial charge in [-0.2, -0.15) is 0 Å². The topological polar surface area (TPSA) is 12.4 Å². The molecule has 1 heterocycles. The predicted molar refractivity (Wildman–Crippen MR) is 71.2 cm³/mol. The number of benzene rings is 1. The van der Waals surface area contributed by atoms with Crippen molar-refractivity contribution >= 4 is 16.8 Å². The summed E-state index contributed by atoms with van der Waals surface area (Å²) in [7, 11) is 0. The van der Waals surface area contributed by atoms with Crippen molar-refractivity contribution in [2.45, 2.75) is 31.7 Å². The lowest BCUT2D eigenvalue weighted by Gasteiger charge is -2.32. The lowest BCUT2D eigenvalue weighted by atomic mass is 9.86. The largest absolute Gasteiger partial charge is 0.274 e. The van der Waals surface area contributed by atoms with Crippen molar-refractivity contribution in [1.82, 2.24) is 0 Å². The van der Waals surface area contributed by atoms with Crippen LogP contribution < -0.4 is 0 Å². The Balaban J connectivity index is 1.84. The molecule has 0 aromatic heterocycles. The smallest absolute Gasteiger partial charge is 0.0980 e. The van der Waals surface area contributed by atoms with Crippen LogP contribution in [0, 0.1) is 5.92 Å². The van der Waals surface area contributed by atoms with Crippen LogP contribution in [0.5, 0.6) is 0 Å². The lowest BCUT2D eigenvalue weighted by molar-refractivity contribution is 0.336. The van der Waals surface area contributed by atoms with Crippen molar-refractivity contribution in [3.63, 3.8) is 0 Å². The van der Waals surface area contributed by atoms with E-state index in [1.165, 1.54) is 42.0 Å². The molecular formula is C14H17NS. The van der Waals surface area contributed by atoms with Crippen LogP contribution in [-0.2, 0) is 0 Å². The first-order chi connectivity index (χ1) is 7.93. The molecular weight excluding hydrogens is 214 g/mol. The highest BCUT2D eigenvalue weighted by atomic mass is 32.2. The molecule has 0 unspecified atom stereocenters. The molecule has 1 saturated carbocycles. The number of hydrogen-bond acceptors (Lipinski definition) is 2. The van der Waals surface area contributed by atoms with Gasteiger partial charge >= 0.3 is 0 Å². The van der Waals surface area contributed by atoms with Crippen molar-refractivity contribution in [3.8, 4) is 0 Å². The van der Waals surface area contributed by atoms with E-state index in [-0.39, 0.29) is 0 Å². The summed E-state index contributed by atoms with van der Waals surface area (Å²) in [5.41, 5.74) is 1.30. The highest BCUT2D eigenvalue weighted by molar-refractivity contribution is 8.14. The van der Waals surface area contributed by atoms with Crippen molar-refractivity contribution in [1.29, 1.82) is 0 Å². The maximum atomic E-state index is 4.95. The van der Waals surface area contributed by atoms with Crippen LogP contribution in [0.25, 0.3) is 0 Å². The lowest BCUT2D eigenvalue weighted by Crippen LogP contribution is -2.30. The quantitative estimate of drug-likeness (QED) is 0.717. The van der Waals surface area contributed by atoms with Crippen LogP contribution in [0.2, 0.25) is 0 Å². The van der Waals surface area contributed by atoms with Gasteiger partial charge in [0.25, 0.3) is 0 Å². The van der Waals surface area contributed by atoms with E-state index in [4.69, 9.17) is 4.99 Å². The Morgan fingerprint density at radius 3 is 2.75 bits per heavy atom.